The summed E-state index contributed by atoms with van der Waals surface area (Å²) in [6, 6.07) is 6.46. The van der Waals surface area contributed by atoms with E-state index in [-0.39, 0.29) is 11.9 Å². The van der Waals surface area contributed by atoms with Crippen molar-refractivity contribution in [1.29, 1.82) is 0 Å². The lowest BCUT2D eigenvalue weighted by Crippen LogP contribution is -2.44. The average Bonchev–Trinajstić information content (AvgIpc) is 2.27. The van der Waals surface area contributed by atoms with Crippen LogP contribution in [0.15, 0.2) is 24.3 Å². The van der Waals surface area contributed by atoms with Gasteiger partial charge >= 0.3 is 6.36 Å². The molecule has 1 aliphatic rings. The number of ether oxygens (including phenoxy) is 2. The van der Waals surface area contributed by atoms with Crippen LogP contribution in [0.4, 0.5) is 13.2 Å². The van der Waals surface area contributed by atoms with Gasteiger partial charge in [0, 0.05) is 25.3 Å². The van der Waals surface area contributed by atoms with Gasteiger partial charge in [-0.15, -0.1) is 13.2 Å². The van der Waals surface area contributed by atoms with Crippen LogP contribution in [-0.2, 0) is 11.3 Å². The number of hydrogen-bond donors (Lipinski definition) is 1. The molecule has 1 saturated carbocycles. The quantitative estimate of drug-likeness (QED) is 0.896. The van der Waals surface area contributed by atoms with E-state index in [1.165, 1.54) is 12.1 Å². The van der Waals surface area contributed by atoms with Crippen LogP contribution in [0.1, 0.15) is 18.4 Å². The summed E-state index contributed by atoms with van der Waals surface area (Å²) in [5.74, 6) is -0.148. The van der Waals surface area contributed by atoms with Crippen LogP contribution in [0.5, 0.6) is 5.75 Å². The Morgan fingerprint density at radius 3 is 2.58 bits per heavy atom. The number of rotatable bonds is 5. The van der Waals surface area contributed by atoms with Crippen molar-refractivity contribution in [2.24, 2.45) is 0 Å². The van der Waals surface area contributed by atoms with Crippen LogP contribution in [0, 0.1) is 0 Å². The molecule has 19 heavy (non-hydrogen) atoms. The third-order valence-electron chi connectivity index (χ3n) is 3.21. The van der Waals surface area contributed by atoms with Crippen molar-refractivity contribution in [3.63, 3.8) is 0 Å². The highest BCUT2D eigenvalue weighted by atomic mass is 19.4. The summed E-state index contributed by atoms with van der Waals surface area (Å²) in [7, 11) is 1.66. The topological polar surface area (TPSA) is 30.5 Å². The second-order valence-corrected chi connectivity index (χ2v) is 4.56. The zero-order valence-electron chi connectivity index (χ0n) is 10.5. The van der Waals surface area contributed by atoms with Gasteiger partial charge in [0.15, 0.2) is 0 Å². The molecule has 6 heteroatoms. The molecule has 3 nitrogen and oxygen atoms in total. The van der Waals surface area contributed by atoms with E-state index >= 15 is 0 Å². The number of benzene rings is 1. The molecule has 0 aliphatic heterocycles. The molecule has 1 fully saturated rings. The molecule has 1 aromatic rings. The molecule has 106 valence electrons. The molecule has 0 aromatic heterocycles. The zero-order valence-corrected chi connectivity index (χ0v) is 10.5. The van der Waals surface area contributed by atoms with Gasteiger partial charge in [0.25, 0.3) is 0 Å². The molecular weight excluding hydrogens is 259 g/mol. The van der Waals surface area contributed by atoms with E-state index in [9.17, 15) is 13.2 Å². The Kier molecular flexibility index (Phi) is 4.31. The second-order valence-electron chi connectivity index (χ2n) is 4.56. The first-order valence-corrected chi connectivity index (χ1v) is 6.08. The Labute approximate surface area is 109 Å². The highest BCUT2D eigenvalue weighted by Crippen LogP contribution is 2.27. The van der Waals surface area contributed by atoms with E-state index in [4.69, 9.17) is 4.74 Å². The van der Waals surface area contributed by atoms with Crippen molar-refractivity contribution in [3.05, 3.63) is 29.8 Å². The Morgan fingerprint density at radius 1 is 1.26 bits per heavy atom. The molecule has 0 spiro atoms. The van der Waals surface area contributed by atoms with Gasteiger partial charge in [-0.25, -0.2) is 0 Å². The lowest BCUT2D eigenvalue weighted by atomic mass is 9.89. The fourth-order valence-electron chi connectivity index (χ4n) is 2.05. The molecule has 0 unspecified atom stereocenters. The van der Waals surface area contributed by atoms with Gasteiger partial charge in [-0.3, -0.25) is 0 Å². The van der Waals surface area contributed by atoms with Crippen LogP contribution in [0.2, 0.25) is 0 Å². The fourth-order valence-corrected chi connectivity index (χ4v) is 2.05. The van der Waals surface area contributed by atoms with Crippen molar-refractivity contribution in [3.8, 4) is 5.75 Å². The van der Waals surface area contributed by atoms with Crippen molar-refractivity contribution in [2.45, 2.75) is 37.9 Å². The highest BCUT2D eigenvalue weighted by molar-refractivity contribution is 5.33. The van der Waals surface area contributed by atoms with E-state index in [0.29, 0.717) is 18.2 Å². The largest absolute Gasteiger partial charge is 0.573 e. The minimum atomic E-state index is -4.66. The maximum Gasteiger partial charge on any atom is 0.573 e. The molecule has 1 N–H and O–H groups in total. The molecule has 0 heterocycles. The lowest BCUT2D eigenvalue weighted by molar-refractivity contribution is -0.274. The average molecular weight is 275 g/mol. The summed E-state index contributed by atoms with van der Waals surface area (Å²) in [4.78, 5) is 0. The Balaban J connectivity index is 1.89. The number of para-hydroxylation sites is 1. The Bertz CT molecular complexity index is 417. The summed E-state index contributed by atoms with van der Waals surface area (Å²) < 4.78 is 45.8. The normalized spacial score (nSPS) is 22.9. The van der Waals surface area contributed by atoms with Gasteiger partial charge in [-0.05, 0) is 18.9 Å². The Morgan fingerprint density at radius 2 is 1.95 bits per heavy atom. The maximum absolute atomic E-state index is 12.2. The van der Waals surface area contributed by atoms with Crippen molar-refractivity contribution >= 4 is 0 Å². The fraction of sp³-hybridized carbons (Fsp3) is 0.538. The minimum Gasteiger partial charge on any atom is -0.405 e. The van der Waals surface area contributed by atoms with Crippen molar-refractivity contribution < 1.29 is 22.6 Å². The molecule has 0 bridgehead atoms. The minimum absolute atomic E-state index is 0.148. The summed E-state index contributed by atoms with van der Waals surface area (Å²) >= 11 is 0. The van der Waals surface area contributed by atoms with Gasteiger partial charge in [-0.1, -0.05) is 18.2 Å². The van der Waals surface area contributed by atoms with Gasteiger partial charge < -0.3 is 14.8 Å². The molecule has 0 atom stereocenters. The second kappa shape index (κ2) is 5.79. The van der Waals surface area contributed by atoms with Crippen LogP contribution in [0.3, 0.4) is 0 Å². The lowest BCUT2D eigenvalue weighted by Gasteiger charge is -2.34. The van der Waals surface area contributed by atoms with Gasteiger partial charge in [-0.2, -0.15) is 0 Å². The molecular formula is C13H16F3NO2. The predicted molar refractivity (Wildman–Crippen MR) is 63.8 cm³/mol. The van der Waals surface area contributed by atoms with Crippen LogP contribution < -0.4 is 10.1 Å². The van der Waals surface area contributed by atoms with E-state index in [1.807, 2.05) is 0 Å². The molecule has 1 aliphatic carbocycles. The zero-order chi connectivity index (χ0) is 13.9. The highest BCUT2D eigenvalue weighted by Gasteiger charge is 2.32. The van der Waals surface area contributed by atoms with E-state index in [2.05, 4.69) is 10.1 Å². The number of hydrogen-bond acceptors (Lipinski definition) is 3. The van der Waals surface area contributed by atoms with Gasteiger partial charge in [0.2, 0.25) is 0 Å². The number of alkyl halides is 3. The third kappa shape index (κ3) is 4.11. The maximum atomic E-state index is 12.2. The summed E-state index contributed by atoms with van der Waals surface area (Å²) in [6.07, 6.45) is -2.62. The third-order valence-corrected chi connectivity index (χ3v) is 3.21. The first-order chi connectivity index (χ1) is 8.98. The number of halogens is 3. The first-order valence-electron chi connectivity index (χ1n) is 6.08. The Hall–Kier alpha value is -1.27. The molecule has 0 radical (unpaired) electrons. The summed E-state index contributed by atoms with van der Waals surface area (Å²) in [5, 5.41) is 3.20. The van der Waals surface area contributed by atoms with E-state index in [0.717, 1.165) is 12.8 Å². The number of methoxy groups -OCH3 is 1. The first kappa shape index (κ1) is 14.1. The standard InChI is InChI=1S/C13H16F3NO2/c1-18-11-6-10(7-11)17-8-9-4-2-3-5-12(9)19-13(14,15)16/h2-5,10-11,17H,6-8H2,1H3. The van der Waals surface area contributed by atoms with Crippen LogP contribution in [0.25, 0.3) is 0 Å². The summed E-state index contributed by atoms with van der Waals surface area (Å²) in [6.45, 7) is 0.355. The van der Waals surface area contributed by atoms with Crippen LogP contribution >= 0.6 is 0 Å². The van der Waals surface area contributed by atoms with Crippen molar-refractivity contribution in [2.75, 3.05) is 7.11 Å². The van der Waals surface area contributed by atoms with E-state index in [1.54, 1.807) is 19.2 Å². The smallest absolute Gasteiger partial charge is 0.405 e. The monoisotopic (exact) mass is 275 g/mol. The number of nitrogens with one attached hydrogen (secondary N) is 1. The van der Waals surface area contributed by atoms with Gasteiger partial charge in [0.1, 0.15) is 5.75 Å². The van der Waals surface area contributed by atoms with E-state index < -0.39 is 6.36 Å². The summed E-state index contributed by atoms with van der Waals surface area (Å²) in [5.41, 5.74) is 0.501. The molecule has 0 saturated heterocycles. The molecule has 1 aromatic carbocycles. The SMILES string of the molecule is COC1CC(NCc2ccccc2OC(F)(F)F)C1. The van der Waals surface area contributed by atoms with Crippen LogP contribution in [-0.4, -0.2) is 25.6 Å². The molecule has 2 rings (SSSR count). The van der Waals surface area contributed by atoms with Gasteiger partial charge in [0.05, 0.1) is 6.10 Å². The predicted octanol–water partition coefficient (Wildman–Crippen LogP) is 2.85. The molecule has 0 amide bonds. The van der Waals surface area contributed by atoms with Crippen molar-refractivity contribution in [1.82, 2.24) is 5.32 Å².